The fraction of sp³-hybridized carbons (Fsp3) is 0.125. The third kappa shape index (κ3) is 4.32. The molecule has 1 N–H and O–H groups in total. The van der Waals surface area contributed by atoms with Crippen LogP contribution in [0.5, 0.6) is 11.5 Å². The van der Waals surface area contributed by atoms with Gasteiger partial charge < -0.3 is 14.8 Å². The number of para-hydroxylation sites is 1. The summed E-state index contributed by atoms with van der Waals surface area (Å²) in [5, 5.41) is 3.56. The SMILES string of the molecule is CCOc1cc(/C=C2\C(=O)Nc3ccccc32)cc(I)c1OCc1ccccc1Cl. The Morgan fingerprint density at radius 1 is 1.07 bits per heavy atom. The molecule has 0 atom stereocenters. The molecule has 0 saturated carbocycles. The van der Waals surface area contributed by atoms with Crippen molar-refractivity contribution in [3.63, 3.8) is 0 Å². The minimum Gasteiger partial charge on any atom is -0.490 e. The van der Waals surface area contributed by atoms with Gasteiger partial charge in [-0.25, -0.2) is 0 Å². The highest BCUT2D eigenvalue weighted by atomic mass is 127. The van der Waals surface area contributed by atoms with Gasteiger partial charge in [-0.05, 0) is 65.4 Å². The summed E-state index contributed by atoms with van der Waals surface area (Å²) >= 11 is 8.47. The summed E-state index contributed by atoms with van der Waals surface area (Å²) in [6, 6.07) is 19.1. The summed E-state index contributed by atoms with van der Waals surface area (Å²) < 4.78 is 12.8. The zero-order chi connectivity index (χ0) is 21.1. The first kappa shape index (κ1) is 20.8. The first-order chi connectivity index (χ1) is 14.6. The fourth-order valence-corrected chi connectivity index (χ4v) is 4.26. The molecule has 4 rings (SSSR count). The summed E-state index contributed by atoms with van der Waals surface area (Å²) in [6.07, 6.45) is 1.88. The molecule has 0 aromatic heterocycles. The highest BCUT2D eigenvalue weighted by Gasteiger charge is 2.23. The fourth-order valence-electron chi connectivity index (χ4n) is 3.29. The second kappa shape index (κ2) is 9.10. The Labute approximate surface area is 194 Å². The number of ether oxygens (including phenoxy) is 2. The maximum absolute atomic E-state index is 12.4. The molecule has 1 amide bonds. The first-order valence-corrected chi connectivity index (χ1v) is 11.0. The molecule has 152 valence electrons. The predicted octanol–water partition coefficient (Wildman–Crippen LogP) is 6.42. The number of carbonyl (C=O) groups is 1. The Morgan fingerprint density at radius 3 is 2.63 bits per heavy atom. The number of hydrogen-bond acceptors (Lipinski definition) is 3. The molecule has 0 fully saturated rings. The lowest BCUT2D eigenvalue weighted by Crippen LogP contribution is -2.04. The predicted molar refractivity (Wildman–Crippen MR) is 129 cm³/mol. The van der Waals surface area contributed by atoms with Crippen LogP contribution in [-0.2, 0) is 11.4 Å². The van der Waals surface area contributed by atoms with E-state index in [2.05, 4.69) is 27.9 Å². The lowest BCUT2D eigenvalue weighted by molar-refractivity contribution is -0.110. The van der Waals surface area contributed by atoms with Crippen LogP contribution in [0.2, 0.25) is 5.02 Å². The van der Waals surface area contributed by atoms with Crippen molar-refractivity contribution in [2.75, 3.05) is 11.9 Å². The van der Waals surface area contributed by atoms with Crippen molar-refractivity contribution >= 4 is 57.4 Å². The summed E-state index contributed by atoms with van der Waals surface area (Å²) in [6.45, 7) is 2.77. The van der Waals surface area contributed by atoms with Crippen molar-refractivity contribution in [3.05, 3.63) is 85.9 Å². The van der Waals surface area contributed by atoms with Crippen molar-refractivity contribution in [2.45, 2.75) is 13.5 Å². The number of carbonyl (C=O) groups excluding carboxylic acids is 1. The van der Waals surface area contributed by atoms with E-state index in [1.54, 1.807) is 0 Å². The van der Waals surface area contributed by atoms with E-state index in [0.29, 0.717) is 35.3 Å². The molecule has 1 aliphatic heterocycles. The first-order valence-electron chi connectivity index (χ1n) is 9.52. The number of benzene rings is 3. The third-order valence-corrected chi connectivity index (χ3v) is 5.85. The second-order valence-corrected chi connectivity index (χ2v) is 8.27. The van der Waals surface area contributed by atoms with Crippen LogP contribution in [0.4, 0.5) is 5.69 Å². The van der Waals surface area contributed by atoms with Gasteiger partial charge in [-0.1, -0.05) is 48.0 Å². The Balaban J connectivity index is 1.67. The van der Waals surface area contributed by atoms with Crippen LogP contribution in [0.25, 0.3) is 11.6 Å². The van der Waals surface area contributed by atoms with Gasteiger partial charge in [0.15, 0.2) is 11.5 Å². The molecule has 3 aromatic rings. The molecule has 3 aromatic carbocycles. The van der Waals surface area contributed by atoms with Crippen LogP contribution in [0.1, 0.15) is 23.6 Å². The number of amides is 1. The molecule has 0 bridgehead atoms. The summed E-state index contributed by atoms with van der Waals surface area (Å²) in [5.74, 6) is 1.19. The van der Waals surface area contributed by atoms with Crippen LogP contribution >= 0.6 is 34.2 Å². The van der Waals surface area contributed by atoms with E-state index in [1.807, 2.05) is 73.7 Å². The molecule has 6 heteroatoms. The highest BCUT2D eigenvalue weighted by Crippen LogP contribution is 2.38. The zero-order valence-corrected chi connectivity index (χ0v) is 19.2. The molecular formula is C24H19ClINO3. The largest absolute Gasteiger partial charge is 0.490 e. The van der Waals surface area contributed by atoms with E-state index in [1.165, 1.54) is 0 Å². The molecule has 0 spiro atoms. The number of anilines is 1. The zero-order valence-electron chi connectivity index (χ0n) is 16.2. The maximum Gasteiger partial charge on any atom is 0.256 e. The smallest absolute Gasteiger partial charge is 0.256 e. The molecule has 0 unspecified atom stereocenters. The average molecular weight is 532 g/mol. The molecule has 0 aliphatic carbocycles. The lowest BCUT2D eigenvalue weighted by Gasteiger charge is -2.15. The van der Waals surface area contributed by atoms with Crippen molar-refractivity contribution in [2.24, 2.45) is 0 Å². The van der Waals surface area contributed by atoms with E-state index < -0.39 is 0 Å². The van der Waals surface area contributed by atoms with E-state index >= 15 is 0 Å². The van der Waals surface area contributed by atoms with Crippen LogP contribution < -0.4 is 14.8 Å². The van der Waals surface area contributed by atoms with Gasteiger partial charge in [-0.2, -0.15) is 0 Å². The number of fused-ring (bicyclic) bond motifs is 1. The molecule has 0 radical (unpaired) electrons. The summed E-state index contributed by atoms with van der Waals surface area (Å²) in [7, 11) is 0. The average Bonchev–Trinajstić information content (AvgIpc) is 3.04. The van der Waals surface area contributed by atoms with Gasteiger partial charge in [0.2, 0.25) is 0 Å². The molecule has 1 aliphatic rings. The van der Waals surface area contributed by atoms with E-state index in [9.17, 15) is 4.79 Å². The number of rotatable bonds is 6. The van der Waals surface area contributed by atoms with Crippen LogP contribution in [-0.4, -0.2) is 12.5 Å². The van der Waals surface area contributed by atoms with Crippen LogP contribution in [0.15, 0.2) is 60.7 Å². The number of nitrogens with one attached hydrogen (secondary N) is 1. The van der Waals surface area contributed by atoms with Gasteiger partial charge in [-0.3, -0.25) is 4.79 Å². The van der Waals surface area contributed by atoms with Crippen molar-refractivity contribution in [1.29, 1.82) is 0 Å². The number of halogens is 2. The summed E-state index contributed by atoms with van der Waals surface area (Å²) in [5.41, 5.74) is 4.13. The normalized spacial score (nSPS) is 13.8. The van der Waals surface area contributed by atoms with Gasteiger partial charge in [0, 0.05) is 27.4 Å². The van der Waals surface area contributed by atoms with E-state index in [-0.39, 0.29) is 5.91 Å². The van der Waals surface area contributed by atoms with Gasteiger partial charge >= 0.3 is 0 Å². The summed E-state index contributed by atoms with van der Waals surface area (Å²) in [4.78, 5) is 12.4. The Kier molecular flexibility index (Phi) is 6.29. The van der Waals surface area contributed by atoms with Crippen molar-refractivity contribution in [3.8, 4) is 11.5 Å². The van der Waals surface area contributed by atoms with E-state index in [4.69, 9.17) is 21.1 Å². The van der Waals surface area contributed by atoms with Crippen LogP contribution in [0.3, 0.4) is 0 Å². The quantitative estimate of drug-likeness (QED) is 0.295. The topological polar surface area (TPSA) is 47.6 Å². The molecule has 0 saturated heterocycles. The van der Waals surface area contributed by atoms with Gasteiger partial charge in [0.25, 0.3) is 5.91 Å². The van der Waals surface area contributed by atoms with Gasteiger partial charge in [0.05, 0.1) is 10.2 Å². The van der Waals surface area contributed by atoms with Crippen molar-refractivity contribution in [1.82, 2.24) is 0 Å². The standard InChI is InChI=1S/C24H19ClINO3/c1-2-29-22-13-15(11-18-17-8-4-6-10-21(17)27-24(18)28)12-20(26)23(22)30-14-16-7-3-5-9-19(16)25/h3-13H,2,14H2,1H3,(H,27,28)/b18-11-. The third-order valence-electron chi connectivity index (χ3n) is 4.68. The second-order valence-electron chi connectivity index (χ2n) is 6.70. The molecular weight excluding hydrogens is 513 g/mol. The van der Waals surface area contributed by atoms with Crippen molar-refractivity contribution < 1.29 is 14.3 Å². The lowest BCUT2D eigenvalue weighted by atomic mass is 10.0. The Hall–Kier alpha value is -2.51. The van der Waals surface area contributed by atoms with Crippen LogP contribution in [0, 0.1) is 3.57 Å². The highest BCUT2D eigenvalue weighted by molar-refractivity contribution is 14.1. The molecule has 1 heterocycles. The maximum atomic E-state index is 12.4. The Morgan fingerprint density at radius 2 is 1.83 bits per heavy atom. The minimum absolute atomic E-state index is 0.108. The number of hydrogen-bond donors (Lipinski definition) is 1. The Bertz CT molecular complexity index is 1140. The minimum atomic E-state index is -0.108. The molecule has 30 heavy (non-hydrogen) atoms. The van der Waals surface area contributed by atoms with E-state index in [0.717, 1.165) is 25.9 Å². The molecule has 4 nitrogen and oxygen atoms in total. The monoisotopic (exact) mass is 531 g/mol. The van der Waals surface area contributed by atoms with Gasteiger partial charge in [0.1, 0.15) is 6.61 Å². The van der Waals surface area contributed by atoms with Gasteiger partial charge in [-0.15, -0.1) is 0 Å².